The Morgan fingerprint density at radius 3 is 0.922 bits per heavy atom. The fourth-order valence-corrected chi connectivity index (χ4v) is 15.6. The first-order valence-electron chi connectivity index (χ1n) is 39.0. The molecule has 21 aromatic rings. The van der Waals surface area contributed by atoms with Crippen LogP contribution in [0.4, 0.5) is 0 Å². The molecule has 0 N–H and O–H groups in total. The number of pyridine rings is 5. The van der Waals surface area contributed by atoms with E-state index in [1.54, 1.807) is 0 Å². The molecule has 0 radical (unpaired) electrons. The third-order valence-corrected chi connectivity index (χ3v) is 21.6. The molecule has 0 atom stereocenters. The van der Waals surface area contributed by atoms with Gasteiger partial charge in [-0.2, -0.15) is 0 Å². The van der Waals surface area contributed by atoms with Crippen LogP contribution in [0.2, 0.25) is 0 Å². The Labute approximate surface area is 671 Å². The molecule has 8 nitrogen and oxygen atoms in total. The SMILES string of the molecule is c1ccc(-c2cc(-c3cccc4ccccc34)c3ccc4ccc(-c5ccc(-c6ccc(-c7nc(-c8ccccc8)nc(-c8ccccc8)n7)cc6)cc5)nc4c3n2)cc1.c1ccc(-c2cc(-c3ccccc3)nc(-c3cccc(-c4ccc(-c5ccc6ccc7c(-c8ccccc8)cc(-c8ccccc8)nc7c6n5)cc4)c3)c2)cc1. The van der Waals surface area contributed by atoms with Gasteiger partial charge in [-0.05, 0) is 109 Å². The van der Waals surface area contributed by atoms with Gasteiger partial charge in [0.1, 0.15) is 0 Å². The van der Waals surface area contributed by atoms with Crippen LogP contribution in [0.1, 0.15) is 0 Å². The Morgan fingerprint density at radius 2 is 0.431 bits per heavy atom. The summed E-state index contributed by atoms with van der Waals surface area (Å²) in [6.45, 7) is 0. The molecule has 116 heavy (non-hydrogen) atoms. The largest absolute Gasteiger partial charge is 0.248 e. The van der Waals surface area contributed by atoms with Crippen molar-refractivity contribution < 1.29 is 0 Å². The molecule has 21 rings (SSSR count). The third-order valence-electron chi connectivity index (χ3n) is 21.6. The number of fused-ring (bicyclic) bond motifs is 7. The topological polar surface area (TPSA) is 103 Å². The van der Waals surface area contributed by atoms with Gasteiger partial charge < -0.3 is 0 Å². The maximum atomic E-state index is 5.33. The van der Waals surface area contributed by atoms with E-state index in [-0.39, 0.29) is 0 Å². The Kier molecular flexibility index (Phi) is 18.5. The number of hydrogen-bond donors (Lipinski definition) is 0. The van der Waals surface area contributed by atoms with E-state index in [2.05, 4.69) is 346 Å². The lowest BCUT2D eigenvalue weighted by atomic mass is 9.93. The predicted octanol–water partition coefficient (Wildman–Crippen LogP) is 27.6. The second-order valence-electron chi connectivity index (χ2n) is 28.9. The van der Waals surface area contributed by atoms with Gasteiger partial charge in [-0.3, -0.25) is 0 Å². The Bertz CT molecular complexity index is 7060. The van der Waals surface area contributed by atoms with Crippen molar-refractivity contribution in [3.8, 4) is 157 Å². The number of aromatic nitrogens is 8. The molecule has 0 saturated carbocycles. The molecule has 0 spiro atoms. The molecule has 0 aliphatic carbocycles. The normalized spacial score (nSPS) is 11.3. The van der Waals surface area contributed by atoms with Crippen LogP contribution in [-0.4, -0.2) is 39.9 Å². The summed E-state index contributed by atoms with van der Waals surface area (Å²) < 4.78 is 0. The molecule has 0 unspecified atom stereocenters. The molecule has 6 heterocycles. The minimum absolute atomic E-state index is 0.633. The highest BCUT2D eigenvalue weighted by atomic mass is 15.0. The van der Waals surface area contributed by atoms with E-state index in [9.17, 15) is 0 Å². The van der Waals surface area contributed by atoms with Crippen LogP contribution in [0.5, 0.6) is 0 Å². The smallest absolute Gasteiger partial charge is 0.164 e. The Balaban J connectivity index is 0.000000150. The first-order valence-corrected chi connectivity index (χ1v) is 39.0. The van der Waals surface area contributed by atoms with Gasteiger partial charge in [-0.1, -0.05) is 382 Å². The summed E-state index contributed by atoms with van der Waals surface area (Å²) in [6, 6.07) is 148. The fraction of sp³-hybridized carbons (Fsp3) is 0. The maximum Gasteiger partial charge on any atom is 0.164 e. The average molecular weight is 1480 g/mol. The lowest BCUT2D eigenvalue weighted by Crippen LogP contribution is -2.00. The van der Waals surface area contributed by atoms with Crippen molar-refractivity contribution in [1.82, 2.24) is 39.9 Å². The van der Waals surface area contributed by atoms with Gasteiger partial charge in [0.15, 0.2) is 17.5 Å². The van der Waals surface area contributed by atoms with Crippen LogP contribution >= 0.6 is 0 Å². The molecule has 0 aliphatic heterocycles. The summed E-state index contributed by atoms with van der Waals surface area (Å²) in [6.07, 6.45) is 0. The predicted molar refractivity (Wildman–Crippen MR) is 479 cm³/mol. The van der Waals surface area contributed by atoms with Gasteiger partial charge in [0.25, 0.3) is 0 Å². The van der Waals surface area contributed by atoms with Gasteiger partial charge in [0.05, 0.1) is 56.2 Å². The summed E-state index contributed by atoms with van der Waals surface area (Å²) in [5.74, 6) is 1.92. The van der Waals surface area contributed by atoms with Crippen LogP contribution in [0.15, 0.2) is 425 Å². The minimum atomic E-state index is 0.633. The van der Waals surface area contributed by atoms with E-state index in [4.69, 9.17) is 39.9 Å². The maximum absolute atomic E-state index is 5.33. The number of rotatable bonds is 14. The molecule has 0 amide bonds. The quantitative estimate of drug-likeness (QED) is 0.0992. The fourth-order valence-electron chi connectivity index (χ4n) is 15.6. The molecule has 0 saturated heterocycles. The molecule has 8 heteroatoms. The zero-order chi connectivity index (χ0) is 77.1. The molecule has 542 valence electrons. The number of hydrogen-bond acceptors (Lipinski definition) is 8. The second-order valence-corrected chi connectivity index (χ2v) is 28.9. The standard InChI is InChI=1S/C55H35N5.C53H35N3/c1-4-14-39(15-5-1)50-35-48(46-22-12-20-38-13-10-11-21-45(38)46)47-33-31-41-32-34-49(56-51(41)52(47)57-50)40-27-23-36(24-28-40)37-25-29-44(30-26-37)55-59-53(42-16-6-2-7-17-42)58-54(60-55)43-18-8-3-9-19-43;1-5-14-36(15-6-1)45-33-49(39-18-9-3-10-19-39)54-50(34-45)44-23-13-22-43(32-44)37-24-26-41(27-25-37)48-31-29-42-28-30-46-47(38-16-7-2-8-17-38)35-51(40-20-11-4-12-21-40)56-53(46)52(42)55-48/h1-35H;1-35H. The highest BCUT2D eigenvalue weighted by Crippen LogP contribution is 2.42. The Morgan fingerprint density at radius 1 is 0.121 bits per heavy atom. The lowest BCUT2D eigenvalue weighted by Gasteiger charge is -2.14. The van der Waals surface area contributed by atoms with Crippen molar-refractivity contribution in [2.45, 2.75) is 0 Å². The summed E-state index contributed by atoms with van der Waals surface area (Å²) in [7, 11) is 0. The molecule has 0 bridgehead atoms. The first-order chi connectivity index (χ1) is 57.4. The second kappa shape index (κ2) is 30.9. The summed E-state index contributed by atoms with van der Waals surface area (Å²) >= 11 is 0. The minimum Gasteiger partial charge on any atom is -0.248 e. The molecule has 0 aliphatic rings. The molecule has 15 aromatic carbocycles. The van der Waals surface area contributed by atoms with E-state index in [1.807, 2.05) is 78.9 Å². The van der Waals surface area contributed by atoms with Crippen LogP contribution in [0, 0.1) is 0 Å². The third kappa shape index (κ3) is 14.1. The summed E-state index contributed by atoms with van der Waals surface area (Å²) in [5, 5.41) is 6.69. The van der Waals surface area contributed by atoms with Crippen molar-refractivity contribution in [3.05, 3.63) is 425 Å². The first kappa shape index (κ1) is 69.5. The van der Waals surface area contributed by atoms with E-state index < -0.39 is 0 Å². The van der Waals surface area contributed by atoms with E-state index in [0.29, 0.717) is 17.5 Å². The van der Waals surface area contributed by atoms with E-state index >= 15 is 0 Å². The van der Waals surface area contributed by atoms with E-state index in [1.165, 1.54) is 21.9 Å². The van der Waals surface area contributed by atoms with Gasteiger partial charge >= 0.3 is 0 Å². The zero-order valence-corrected chi connectivity index (χ0v) is 63.0. The average Bonchev–Trinajstić information content (AvgIpc) is 0.753. The van der Waals surface area contributed by atoms with Crippen molar-refractivity contribution in [2.24, 2.45) is 0 Å². The number of benzene rings is 15. The molecular formula is C108H70N8. The van der Waals surface area contributed by atoms with Gasteiger partial charge in [-0.15, -0.1) is 0 Å². The van der Waals surface area contributed by atoms with Crippen molar-refractivity contribution in [1.29, 1.82) is 0 Å². The molecular weight excluding hydrogens is 1410 g/mol. The van der Waals surface area contributed by atoms with Crippen LogP contribution in [0.25, 0.3) is 212 Å². The molecule has 6 aromatic heterocycles. The summed E-state index contributed by atoms with van der Waals surface area (Å²) in [4.78, 5) is 41.0. The highest BCUT2D eigenvalue weighted by molar-refractivity contribution is 6.13. The zero-order valence-electron chi connectivity index (χ0n) is 63.0. The summed E-state index contributed by atoms with van der Waals surface area (Å²) in [5.41, 5.74) is 29.7. The van der Waals surface area contributed by atoms with E-state index in [0.717, 1.165) is 172 Å². The van der Waals surface area contributed by atoms with Gasteiger partial charge in [0, 0.05) is 71.6 Å². The monoisotopic (exact) mass is 1480 g/mol. The van der Waals surface area contributed by atoms with Gasteiger partial charge in [-0.25, -0.2) is 39.9 Å². The molecule has 0 fully saturated rings. The lowest BCUT2D eigenvalue weighted by molar-refractivity contribution is 1.07. The van der Waals surface area contributed by atoms with Crippen LogP contribution in [0.3, 0.4) is 0 Å². The van der Waals surface area contributed by atoms with Crippen molar-refractivity contribution in [2.75, 3.05) is 0 Å². The van der Waals surface area contributed by atoms with Crippen LogP contribution < -0.4 is 0 Å². The Hall–Kier alpha value is -15.6. The van der Waals surface area contributed by atoms with Crippen LogP contribution in [-0.2, 0) is 0 Å². The van der Waals surface area contributed by atoms with Crippen molar-refractivity contribution in [3.63, 3.8) is 0 Å². The van der Waals surface area contributed by atoms with Crippen molar-refractivity contribution >= 4 is 54.4 Å². The number of nitrogens with zero attached hydrogens (tertiary/aromatic N) is 8. The highest BCUT2D eigenvalue weighted by Gasteiger charge is 2.20. The van der Waals surface area contributed by atoms with Gasteiger partial charge in [0.2, 0.25) is 0 Å².